The van der Waals surface area contributed by atoms with E-state index in [1.54, 1.807) is 35.2 Å². The first kappa shape index (κ1) is 21.2. The molecule has 0 N–H and O–H groups in total. The quantitative estimate of drug-likeness (QED) is 0.479. The van der Waals surface area contributed by atoms with Crippen LogP contribution in [0.15, 0.2) is 57.8 Å². The summed E-state index contributed by atoms with van der Waals surface area (Å²) in [5.74, 6) is 1.34. The van der Waals surface area contributed by atoms with Crippen LogP contribution in [0.2, 0.25) is 0 Å². The molecule has 1 atom stereocenters. The molecule has 2 aromatic carbocycles. The summed E-state index contributed by atoms with van der Waals surface area (Å²) in [7, 11) is -3.73. The molecule has 2 heterocycles. The van der Waals surface area contributed by atoms with Crippen molar-refractivity contribution < 1.29 is 27.4 Å². The van der Waals surface area contributed by atoms with Gasteiger partial charge in [0.15, 0.2) is 5.84 Å². The maximum absolute atomic E-state index is 12.7. The van der Waals surface area contributed by atoms with Crippen LogP contribution in [0, 0.1) is 0 Å². The summed E-state index contributed by atoms with van der Waals surface area (Å²) in [4.78, 5) is 14.6. The third-order valence-electron chi connectivity index (χ3n) is 5.14. The Kier molecular flexibility index (Phi) is 6.13. The maximum atomic E-state index is 12.7. The van der Waals surface area contributed by atoms with Crippen LogP contribution in [0.4, 0.5) is 0 Å². The molecule has 0 saturated carbocycles. The summed E-state index contributed by atoms with van der Waals surface area (Å²) in [6.45, 7) is 3.37. The molecule has 0 bridgehead atoms. The molecule has 31 heavy (non-hydrogen) atoms. The molecule has 0 unspecified atom stereocenters. The van der Waals surface area contributed by atoms with Gasteiger partial charge in [0.2, 0.25) is 0 Å². The molecule has 164 valence electrons. The Hall–Kier alpha value is -3.07. The van der Waals surface area contributed by atoms with Gasteiger partial charge in [-0.15, -0.1) is 4.40 Å². The van der Waals surface area contributed by atoms with E-state index in [0.29, 0.717) is 36.7 Å². The molecule has 0 amide bonds. The van der Waals surface area contributed by atoms with E-state index >= 15 is 0 Å². The first-order chi connectivity index (χ1) is 15.0. The van der Waals surface area contributed by atoms with E-state index in [1.807, 2.05) is 19.1 Å². The fourth-order valence-electron chi connectivity index (χ4n) is 3.76. The molecule has 1 fully saturated rings. The highest BCUT2D eigenvalue weighted by atomic mass is 32.2. The first-order valence-electron chi connectivity index (χ1n) is 10.2. The van der Waals surface area contributed by atoms with Gasteiger partial charge in [-0.1, -0.05) is 12.1 Å². The fraction of sp³-hybridized carbons (Fsp3) is 0.364. The van der Waals surface area contributed by atoms with E-state index in [2.05, 4.69) is 4.40 Å². The van der Waals surface area contributed by atoms with Gasteiger partial charge in [0.25, 0.3) is 10.0 Å². The standard InChI is InChI=1S/C22H24N2O6S/c1-2-28-16-9-11-17(12-10-16)29-14-15-30-22(25)19-7-5-13-24(19)21-18-6-3-4-8-20(18)31(26,27)23-21/h3-4,6,8-12,19H,2,5,7,13-15H2,1H3/t19-/m0/s1. The molecule has 1 saturated heterocycles. The maximum Gasteiger partial charge on any atom is 0.328 e. The summed E-state index contributed by atoms with van der Waals surface area (Å²) in [5, 5.41) is 0. The normalized spacial score (nSPS) is 18.9. The van der Waals surface area contributed by atoms with E-state index in [9.17, 15) is 13.2 Å². The first-order valence-corrected chi connectivity index (χ1v) is 11.7. The Balaban J connectivity index is 1.34. The Morgan fingerprint density at radius 2 is 1.77 bits per heavy atom. The minimum atomic E-state index is -3.73. The summed E-state index contributed by atoms with van der Waals surface area (Å²) < 4.78 is 45.0. The highest BCUT2D eigenvalue weighted by molar-refractivity contribution is 7.90. The lowest BCUT2D eigenvalue weighted by Gasteiger charge is -2.24. The predicted octanol–water partition coefficient (Wildman–Crippen LogP) is 2.62. The van der Waals surface area contributed by atoms with Gasteiger partial charge in [-0.25, -0.2) is 4.79 Å². The second-order valence-corrected chi connectivity index (χ2v) is 8.73. The number of carbonyl (C=O) groups excluding carboxylic acids is 1. The van der Waals surface area contributed by atoms with Crippen molar-refractivity contribution in [2.75, 3.05) is 26.4 Å². The Labute approximate surface area is 181 Å². The van der Waals surface area contributed by atoms with Gasteiger partial charge < -0.3 is 19.1 Å². The van der Waals surface area contributed by atoms with Gasteiger partial charge in [0, 0.05) is 12.1 Å². The molecule has 0 radical (unpaired) electrons. The molecule has 2 aliphatic heterocycles. The van der Waals surface area contributed by atoms with Crippen molar-refractivity contribution in [1.29, 1.82) is 0 Å². The number of rotatable bonds is 7. The summed E-state index contributed by atoms with van der Waals surface area (Å²) in [5.41, 5.74) is 0.529. The number of fused-ring (bicyclic) bond motifs is 1. The van der Waals surface area contributed by atoms with Gasteiger partial charge in [-0.05, 0) is 56.2 Å². The van der Waals surface area contributed by atoms with Crippen molar-refractivity contribution in [1.82, 2.24) is 4.90 Å². The number of sulfonamides is 1. The number of hydrogen-bond donors (Lipinski definition) is 0. The molecule has 8 nitrogen and oxygen atoms in total. The van der Waals surface area contributed by atoms with Crippen molar-refractivity contribution in [3.05, 3.63) is 54.1 Å². The molecule has 0 aliphatic carbocycles. The number of amidine groups is 1. The van der Waals surface area contributed by atoms with Crippen molar-refractivity contribution in [3.63, 3.8) is 0 Å². The molecular formula is C22H24N2O6S. The number of esters is 1. The van der Waals surface area contributed by atoms with Crippen molar-refractivity contribution in [2.24, 2.45) is 4.40 Å². The number of ether oxygens (including phenoxy) is 3. The second-order valence-electron chi connectivity index (χ2n) is 7.16. The highest BCUT2D eigenvalue weighted by Gasteiger charge is 2.39. The third kappa shape index (κ3) is 4.51. The predicted molar refractivity (Wildman–Crippen MR) is 114 cm³/mol. The topological polar surface area (TPSA) is 94.5 Å². The minimum Gasteiger partial charge on any atom is -0.494 e. The molecule has 0 spiro atoms. The minimum absolute atomic E-state index is 0.0950. The largest absolute Gasteiger partial charge is 0.494 e. The lowest BCUT2D eigenvalue weighted by molar-refractivity contribution is -0.148. The van der Waals surface area contributed by atoms with Gasteiger partial charge in [-0.2, -0.15) is 8.42 Å². The van der Waals surface area contributed by atoms with Crippen molar-refractivity contribution >= 4 is 21.8 Å². The molecular weight excluding hydrogens is 420 g/mol. The monoisotopic (exact) mass is 444 g/mol. The van der Waals surface area contributed by atoms with Gasteiger partial charge in [0.05, 0.1) is 6.61 Å². The van der Waals surface area contributed by atoms with Gasteiger partial charge >= 0.3 is 5.97 Å². The third-order valence-corrected chi connectivity index (χ3v) is 6.47. The number of likely N-dealkylation sites (tertiary alicyclic amines) is 1. The van der Waals surface area contributed by atoms with Crippen LogP contribution < -0.4 is 9.47 Å². The molecule has 4 rings (SSSR count). The lowest BCUT2D eigenvalue weighted by atomic mass is 10.1. The average molecular weight is 445 g/mol. The Bertz CT molecular complexity index is 1080. The van der Waals surface area contributed by atoms with Crippen molar-refractivity contribution in [2.45, 2.75) is 30.7 Å². The van der Waals surface area contributed by atoms with E-state index in [-0.39, 0.29) is 18.1 Å². The molecule has 2 aromatic rings. The zero-order valence-electron chi connectivity index (χ0n) is 17.2. The molecule has 9 heteroatoms. The van der Waals surface area contributed by atoms with E-state index < -0.39 is 22.0 Å². The van der Waals surface area contributed by atoms with Crippen LogP contribution in [0.25, 0.3) is 0 Å². The summed E-state index contributed by atoms with van der Waals surface area (Å²) >= 11 is 0. The number of benzene rings is 2. The van der Waals surface area contributed by atoms with E-state index in [0.717, 1.165) is 12.2 Å². The Morgan fingerprint density at radius 1 is 1.06 bits per heavy atom. The van der Waals surface area contributed by atoms with E-state index in [4.69, 9.17) is 14.2 Å². The van der Waals surface area contributed by atoms with Crippen LogP contribution in [-0.4, -0.2) is 57.5 Å². The number of hydrogen-bond acceptors (Lipinski definition) is 7. The molecule has 2 aliphatic rings. The number of carbonyl (C=O) groups is 1. The Morgan fingerprint density at radius 3 is 2.52 bits per heavy atom. The average Bonchev–Trinajstić information content (AvgIpc) is 3.35. The smallest absolute Gasteiger partial charge is 0.328 e. The van der Waals surface area contributed by atoms with Crippen LogP contribution in [-0.2, 0) is 19.6 Å². The second kappa shape index (κ2) is 8.97. The van der Waals surface area contributed by atoms with Crippen LogP contribution >= 0.6 is 0 Å². The van der Waals surface area contributed by atoms with Crippen LogP contribution in [0.5, 0.6) is 11.5 Å². The lowest BCUT2D eigenvalue weighted by Crippen LogP contribution is -2.41. The van der Waals surface area contributed by atoms with Crippen LogP contribution in [0.1, 0.15) is 25.3 Å². The van der Waals surface area contributed by atoms with Crippen LogP contribution in [0.3, 0.4) is 0 Å². The SMILES string of the molecule is CCOc1ccc(OCCOC(=O)[C@@H]2CCCN2C2=NS(=O)(=O)c3ccccc32)cc1. The summed E-state index contributed by atoms with van der Waals surface area (Å²) in [6.07, 6.45) is 1.34. The van der Waals surface area contributed by atoms with Gasteiger partial charge in [0.1, 0.15) is 35.7 Å². The highest BCUT2D eigenvalue weighted by Crippen LogP contribution is 2.31. The summed E-state index contributed by atoms with van der Waals surface area (Å²) in [6, 6.07) is 13.3. The van der Waals surface area contributed by atoms with Crippen molar-refractivity contribution in [3.8, 4) is 11.5 Å². The number of nitrogens with zero attached hydrogens (tertiary/aromatic N) is 2. The zero-order chi connectivity index (χ0) is 21.8. The van der Waals surface area contributed by atoms with E-state index in [1.165, 1.54) is 6.07 Å². The van der Waals surface area contributed by atoms with Gasteiger partial charge in [-0.3, -0.25) is 0 Å². The fourth-order valence-corrected chi connectivity index (χ4v) is 4.97. The zero-order valence-corrected chi connectivity index (χ0v) is 18.0. The molecule has 0 aromatic heterocycles.